The van der Waals surface area contributed by atoms with Crippen molar-refractivity contribution in [3.05, 3.63) is 69.7 Å². The second kappa shape index (κ2) is 11.0. The van der Waals surface area contributed by atoms with Crippen LogP contribution in [0.15, 0.2) is 42.5 Å². The smallest absolute Gasteiger partial charge is 0.305 e. The van der Waals surface area contributed by atoms with Gasteiger partial charge in [0.25, 0.3) is 0 Å². The minimum Gasteiger partial charge on any atom is -0.456 e. The summed E-state index contributed by atoms with van der Waals surface area (Å²) in [4.78, 5) is 35.1. The van der Waals surface area contributed by atoms with E-state index in [1.807, 2.05) is 43.3 Å². The summed E-state index contributed by atoms with van der Waals surface area (Å²) in [7, 11) is 0. The Hall–Kier alpha value is -2.94. The first-order valence-electron chi connectivity index (χ1n) is 10.7. The predicted molar refractivity (Wildman–Crippen MR) is 122 cm³/mol. The van der Waals surface area contributed by atoms with Crippen molar-refractivity contribution in [2.24, 2.45) is 0 Å². The highest BCUT2D eigenvalue weighted by molar-refractivity contribution is 6.30. The molecule has 2 aromatic carbocycles. The number of esters is 3. The third-order valence-corrected chi connectivity index (χ3v) is 5.67. The average molecular weight is 491 g/mol. The van der Waals surface area contributed by atoms with E-state index in [9.17, 15) is 19.5 Å². The Morgan fingerprint density at radius 3 is 2.09 bits per heavy atom. The van der Waals surface area contributed by atoms with Crippen molar-refractivity contribution in [1.82, 2.24) is 0 Å². The standard InChI is InChI=1S/C25H27ClO8/c1-13-5-8-18(12-19(13)11-17-6-9-20(26)10-7-17)22-23(31-14(2)27)21(30)24(32-15(3)28)25(34-22)33-16(4)29/h5-10,12,21-25,30H,11H2,1-4H3. The topological polar surface area (TPSA) is 108 Å². The van der Waals surface area contributed by atoms with Crippen LogP contribution in [0, 0.1) is 6.92 Å². The van der Waals surface area contributed by atoms with Crippen molar-refractivity contribution in [2.75, 3.05) is 0 Å². The number of hydrogen-bond donors (Lipinski definition) is 1. The van der Waals surface area contributed by atoms with Crippen LogP contribution in [0.2, 0.25) is 5.02 Å². The minimum atomic E-state index is -1.50. The molecule has 1 aliphatic heterocycles. The molecule has 182 valence electrons. The number of benzene rings is 2. The second-order valence-corrected chi connectivity index (χ2v) is 8.60. The van der Waals surface area contributed by atoms with Gasteiger partial charge in [-0.3, -0.25) is 14.4 Å². The van der Waals surface area contributed by atoms with E-state index < -0.39 is 48.6 Å². The lowest BCUT2D eigenvalue weighted by atomic mass is 9.90. The van der Waals surface area contributed by atoms with Crippen molar-refractivity contribution in [1.29, 1.82) is 0 Å². The van der Waals surface area contributed by atoms with Gasteiger partial charge in [0.15, 0.2) is 12.2 Å². The van der Waals surface area contributed by atoms with Gasteiger partial charge in [0.1, 0.15) is 12.2 Å². The van der Waals surface area contributed by atoms with E-state index in [1.165, 1.54) is 13.8 Å². The zero-order valence-corrected chi connectivity index (χ0v) is 20.1. The number of aliphatic hydroxyl groups is 1. The summed E-state index contributed by atoms with van der Waals surface area (Å²) >= 11 is 5.99. The lowest BCUT2D eigenvalue weighted by Crippen LogP contribution is -2.58. The Morgan fingerprint density at radius 1 is 0.912 bits per heavy atom. The Balaban J connectivity index is 1.98. The molecule has 0 aromatic heterocycles. The van der Waals surface area contributed by atoms with Crippen LogP contribution < -0.4 is 0 Å². The molecule has 34 heavy (non-hydrogen) atoms. The van der Waals surface area contributed by atoms with E-state index in [0.29, 0.717) is 17.0 Å². The maximum absolute atomic E-state index is 11.8. The molecule has 2 aromatic rings. The van der Waals surface area contributed by atoms with E-state index in [-0.39, 0.29) is 0 Å². The van der Waals surface area contributed by atoms with Gasteiger partial charge in [-0.1, -0.05) is 41.9 Å². The largest absolute Gasteiger partial charge is 0.456 e. The number of aryl methyl sites for hydroxylation is 1. The van der Waals surface area contributed by atoms with Crippen LogP contribution in [0.5, 0.6) is 0 Å². The Kier molecular flexibility index (Phi) is 8.30. The number of aliphatic hydroxyl groups excluding tert-OH is 1. The van der Waals surface area contributed by atoms with E-state index in [0.717, 1.165) is 23.6 Å². The van der Waals surface area contributed by atoms with Gasteiger partial charge >= 0.3 is 17.9 Å². The third kappa shape index (κ3) is 6.34. The van der Waals surface area contributed by atoms with Crippen molar-refractivity contribution in [3.63, 3.8) is 0 Å². The van der Waals surface area contributed by atoms with Crippen LogP contribution in [-0.2, 0) is 39.8 Å². The zero-order chi connectivity index (χ0) is 25.0. The third-order valence-electron chi connectivity index (χ3n) is 5.42. The number of carbonyl (C=O) groups is 3. The first kappa shape index (κ1) is 25.7. The van der Waals surface area contributed by atoms with Crippen molar-refractivity contribution in [3.8, 4) is 0 Å². The lowest BCUT2D eigenvalue weighted by molar-refractivity contribution is -0.296. The number of ether oxygens (including phenoxy) is 4. The van der Waals surface area contributed by atoms with Gasteiger partial charge in [-0.05, 0) is 47.7 Å². The van der Waals surface area contributed by atoms with Gasteiger partial charge in [0.2, 0.25) is 6.29 Å². The molecule has 0 aliphatic carbocycles. The van der Waals surface area contributed by atoms with Crippen molar-refractivity contribution < 1.29 is 38.4 Å². The predicted octanol–water partition coefficient (Wildman–Crippen LogP) is 3.42. The molecule has 1 fully saturated rings. The fourth-order valence-electron chi connectivity index (χ4n) is 3.87. The highest BCUT2D eigenvalue weighted by atomic mass is 35.5. The van der Waals surface area contributed by atoms with Crippen molar-refractivity contribution >= 4 is 29.5 Å². The molecule has 1 N–H and O–H groups in total. The molecule has 5 atom stereocenters. The van der Waals surface area contributed by atoms with E-state index in [4.69, 9.17) is 30.5 Å². The first-order chi connectivity index (χ1) is 16.0. The Bertz CT molecular complexity index is 1050. The van der Waals surface area contributed by atoms with E-state index in [1.54, 1.807) is 6.07 Å². The normalized spacial score (nSPS) is 24.2. The molecule has 1 saturated heterocycles. The number of halogens is 1. The summed E-state index contributed by atoms with van der Waals surface area (Å²) in [6.07, 6.45) is -5.86. The molecule has 0 saturated carbocycles. The molecule has 8 nitrogen and oxygen atoms in total. The molecular weight excluding hydrogens is 464 g/mol. The Labute approximate surface area is 202 Å². The lowest BCUT2D eigenvalue weighted by Gasteiger charge is -2.42. The van der Waals surface area contributed by atoms with Gasteiger partial charge < -0.3 is 24.1 Å². The van der Waals surface area contributed by atoms with E-state index >= 15 is 0 Å². The molecule has 3 rings (SSSR count). The molecule has 0 radical (unpaired) electrons. The van der Waals surface area contributed by atoms with Gasteiger partial charge in [-0.25, -0.2) is 0 Å². The van der Waals surface area contributed by atoms with Gasteiger partial charge in [0.05, 0.1) is 0 Å². The maximum Gasteiger partial charge on any atom is 0.305 e. The van der Waals surface area contributed by atoms with Crippen molar-refractivity contribution in [2.45, 2.75) is 64.8 Å². The summed E-state index contributed by atoms with van der Waals surface area (Å²) in [6, 6.07) is 13.0. The molecule has 0 amide bonds. The molecule has 9 heteroatoms. The van der Waals surface area contributed by atoms with Crippen LogP contribution in [-0.4, -0.2) is 47.6 Å². The van der Waals surface area contributed by atoms with Crippen LogP contribution in [0.4, 0.5) is 0 Å². The molecule has 0 bridgehead atoms. The maximum atomic E-state index is 11.8. The molecule has 0 spiro atoms. The summed E-state index contributed by atoms with van der Waals surface area (Å²) in [5.74, 6) is -2.06. The van der Waals surface area contributed by atoms with Gasteiger partial charge in [0, 0.05) is 25.8 Å². The Morgan fingerprint density at radius 2 is 1.50 bits per heavy atom. The minimum absolute atomic E-state index is 0.596. The number of carbonyl (C=O) groups excluding carboxylic acids is 3. The highest BCUT2D eigenvalue weighted by Gasteiger charge is 2.51. The average Bonchev–Trinajstić information content (AvgIpc) is 2.75. The monoisotopic (exact) mass is 490 g/mol. The van der Waals surface area contributed by atoms with Crippen LogP contribution >= 0.6 is 11.6 Å². The molecule has 1 heterocycles. The summed E-state index contributed by atoms with van der Waals surface area (Å²) < 4.78 is 21.7. The summed E-state index contributed by atoms with van der Waals surface area (Å²) in [5, 5.41) is 11.6. The van der Waals surface area contributed by atoms with E-state index in [2.05, 4.69) is 0 Å². The quantitative estimate of drug-likeness (QED) is 0.484. The van der Waals surface area contributed by atoms with Gasteiger partial charge in [-0.2, -0.15) is 0 Å². The number of rotatable bonds is 6. The first-order valence-corrected chi connectivity index (χ1v) is 11.1. The zero-order valence-electron chi connectivity index (χ0n) is 19.3. The molecule has 1 aliphatic rings. The van der Waals surface area contributed by atoms with Crippen LogP contribution in [0.3, 0.4) is 0 Å². The van der Waals surface area contributed by atoms with Crippen LogP contribution in [0.25, 0.3) is 0 Å². The molecule has 5 unspecified atom stereocenters. The van der Waals surface area contributed by atoms with Crippen LogP contribution in [0.1, 0.15) is 49.1 Å². The van der Waals surface area contributed by atoms with Gasteiger partial charge in [-0.15, -0.1) is 0 Å². The SMILES string of the molecule is CC(=O)OC1OC(c2ccc(C)c(Cc3ccc(Cl)cc3)c2)C(OC(C)=O)C(O)C1OC(C)=O. The number of hydrogen-bond acceptors (Lipinski definition) is 8. The fourth-order valence-corrected chi connectivity index (χ4v) is 4.00. The second-order valence-electron chi connectivity index (χ2n) is 8.16. The summed E-state index contributed by atoms with van der Waals surface area (Å²) in [5.41, 5.74) is 3.64. The summed E-state index contributed by atoms with van der Waals surface area (Å²) in [6.45, 7) is 5.48. The fraction of sp³-hybridized carbons (Fsp3) is 0.400. The molecular formula is C25H27ClO8. The highest BCUT2D eigenvalue weighted by Crippen LogP contribution is 2.37.